The highest BCUT2D eigenvalue weighted by Crippen LogP contribution is 2.31. The van der Waals surface area contributed by atoms with Crippen molar-refractivity contribution in [1.82, 2.24) is 10.9 Å². The minimum Gasteiger partial charge on any atom is -0.492 e. The minimum absolute atomic E-state index is 0.0349. The first-order chi connectivity index (χ1) is 12.0. The van der Waals surface area contributed by atoms with Gasteiger partial charge in [0, 0.05) is 29.6 Å². The van der Waals surface area contributed by atoms with Gasteiger partial charge in [0.05, 0.1) is 0 Å². The molecule has 0 unspecified atom stereocenters. The second-order valence-corrected chi connectivity index (χ2v) is 6.67. The molecule has 2 aromatic carbocycles. The topological polar surface area (TPSA) is 50.4 Å². The number of Topliss-reactive ketones (excluding diaryl/α,β-unsaturated/α-hetero) is 1. The van der Waals surface area contributed by atoms with Gasteiger partial charge in [0.2, 0.25) is 0 Å². The third-order valence-electron chi connectivity index (χ3n) is 3.75. The molecule has 0 radical (unpaired) electrons. The molecule has 0 heterocycles. The summed E-state index contributed by atoms with van der Waals surface area (Å²) in [6.45, 7) is 9.16. The number of hydrogen-bond acceptors (Lipinski definition) is 4. The van der Waals surface area contributed by atoms with E-state index in [1.165, 1.54) is 0 Å². The summed E-state index contributed by atoms with van der Waals surface area (Å²) in [5.41, 5.74) is 9.03. The zero-order valence-corrected chi connectivity index (χ0v) is 15.5. The SMILES string of the molecule is CC(C)NNCCOc1cc(C(=O)C(C)C)ccc1-c1ccccc1. The van der Waals surface area contributed by atoms with Gasteiger partial charge in [-0.2, -0.15) is 0 Å². The van der Waals surface area contributed by atoms with E-state index in [2.05, 4.69) is 24.7 Å². The Balaban J connectivity index is 2.19. The smallest absolute Gasteiger partial charge is 0.165 e. The van der Waals surface area contributed by atoms with E-state index in [0.29, 0.717) is 24.8 Å². The molecule has 2 aromatic rings. The van der Waals surface area contributed by atoms with Crippen molar-refractivity contribution in [3.63, 3.8) is 0 Å². The average molecular weight is 340 g/mol. The summed E-state index contributed by atoms with van der Waals surface area (Å²) in [5, 5.41) is 0. The maximum absolute atomic E-state index is 12.3. The van der Waals surface area contributed by atoms with Gasteiger partial charge in [0.1, 0.15) is 12.4 Å². The molecule has 0 fully saturated rings. The molecule has 0 saturated carbocycles. The minimum atomic E-state index is -0.0349. The molecule has 0 aliphatic rings. The lowest BCUT2D eigenvalue weighted by atomic mass is 9.97. The summed E-state index contributed by atoms with van der Waals surface area (Å²) < 4.78 is 5.99. The molecule has 134 valence electrons. The molecule has 0 spiro atoms. The largest absolute Gasteiger partial charge is 0.492 e. The molecule has 0 aliphatic carbocycles. The number of carbonyl (C=O) groups is 1. The normalized spacial score (nSPS) is 11.1. The molecule has 4 heteroatoms. The third-order valence-corrected chi connectivity index (χ3v) is 3.75. The number of hydrazine groups is 1. The van der Waals surface area contributed by atoms with Crippen LogP contribution in [0.25, 0.3) is 11.1 Å². The Kier molecular flexibility index (Phi) is 7.16. The molecular formula is C21H28N2O2. The Bertz CT molecular complexity index is 682. The highest BCUT2D eigenvalue weighted by atomic mass is 16.5. The second-order valence-electron chi connectivity index (χ2n) is 6.67. The lowest BCUT2D eigenvalue weighted by molar-refractivity contribution is 0.0939. The van der Waals surface area contributed by atoms with Crippen molar-refractivity contribution in [3.8, 4) is 16.9 Å². The maximum Gasteiger partial charge on any atom is 0.165 e. The quantitative estimate of drug-likeness (QED) is 0.410. The highest BCUT2D eigenvalue weighted by Gasteiger charge is 2.14. The van der Waals surface area contributed by atoms with Gasteiger partial charge >= 0.3 is 0 Å². The fraction of sp³-hybridized carbons (Fsp3) is 0.381. The Morgan fingerprint density at radius 1 is 1.04 bits per heavy atom. The van der Waals surface area contributed by atoms with Crippen LogP contribution in [0.2, 0.25) is 0 Å². The van der Waals surface area contributed by atoms with Crippen LogP contribution in [-0.4, -0.2) is 25.0 Å². The summed E-state index contributed by atoms with van der Waals surface area (Å²) >= 11 is 0. The van der Waals surface area contributed by atoms with Crippen molar-refractivity contribution in [2.24, 2.45) is 5.92 Å². The molecule has 0 saturated heterocycles. The fourth-order valence-corrected chi connectivity index (χ4v) is 2.47. The molecule has 0 aromatic heterocycles. The van der Waals surface area contributed by atoms with E-state index < -0.39 is 0 Å². The molecule has 4 nitrogen and oxygen atoms in total. The molecule has 0 amide bonds. The first kappa shape index (κ1) is 19.2. The lowest BCUT2D eigenvalue weighted by Gasteiger charge is -2.15. The molecular weight excluding hydrogens is 312 g/mol. The molecule has 2 rings (SSSR count). The molecule has 0 aliphatic heterocycles. The van der Waals surface area contributed by atoms with Gasteiger partial charge in [-0.05, 0) is 31.5 Å². The van der Waals surface area contributed by atoms with Crippen molar-refractivity contribution in [1.29, 1.82) is 0 Å². The van der Waals surface area contributed by atoms with Crippen LogP contribution >= 0.6 is 0 Å². The van der Waals surface area contributed by atoms with E-state index in [-0.39, 0.29) is 11.7 Å². The van der Waals surface area contributed by atoms with Gasteiger partial charge in [0.15, 0.2) is 5.78 Å². The van der Waals surface area contributed by atoms with Gasteiger partial charge in [-0.3, -0.25) is 15.6 Å². The summed E-state index contributed by atoms with van der Waals surface area (Å²) in [5.74, 6) is 0.834. The van der Waals surface area contributed by atoms with Gasteiger partial charge in [-0.15, -0.1) is 0 Å². The number of rotatable bonds is 9. The van der Waals surface area contributed by atoms with E-state index in [4.69, 9.17) is 4.74 Å². The van der Waals surface area contributed by atoms with E-state index in [1.807, 2.05) is 62.4 Å². The standard InChI is InChI=1S/C21H28N2O2/c1-15(2)21(24)18-10-11-19(17-8-6-5-7-9-17)20(14-18)25-13-12-22-23-16(3)4/h5-11,14-16,22-23H,12-13H2,1-4H3. The molecule has 2 N–H and O–H groups in total. The first-order valence-corrected chi connectivity index (χ1v) is 8.84. The molecule has 0 bridgehead atoms. The van der Waals surface area contributed by atoms with Crippen LogP contribution < -0.4 is 15.6 Å². The van der Waals surface area contributed by atoms with Crippen LogP contribution in [0.5, 0.6) is 5.75 Å². The van der Waals surface area contributed by atoms with Crippen molar-refractivity contribution < 1.29 is 9.53 Å². The Labute approximate surface area is 150 Å². The van der Waals surface area contributed by atoms with Gasteiger partial charge in [-0.1, -0.05) is 50.2 Å². The highest BCUT2D eigenvalue weighted by molar-refractivity contribution is 5.98. The number of ketones is 1. The zero-order chi connectivity index (χ0) is 18.2. The van der Waals surface area contributed by atoms with Crippen LogP contribution in [0.1, 0.15) is 38.1 Å². The fourth-order valence-electron chi connectivity index (χ4n) is 2.47. The number of ether oxygens (including phenoxy) is 1. The second kappa shape index (κ2) is 9.35. The Morgan fingerprint density at radius 3 is 2.40 bits per heavy atom. The van der Waals surface area contributed by atoms with Crippen LogP contribution in [0, 0.1) is 5.92 Å². The van der Waals surface area contributed by atoms with Crippen LogP contribution in [0.15, 0.2) is 48.5 Å². The Morgan fingerprint density at radius 2 is 1.76 bits per heavy atom. The average Bonchev–Trinajstić information content (AvgIpc) is 2.61. The number of hydrogen-bond donors (Lipinski definition) is 2. The summed E-state index contributed by atoms with van der Waals surface area (Å²) in [6.07, 6.45) is 0. The first-order valence-electron chi connectivity index (χ1n) is 8.84. The van der Waals surface area contributed by atoms with Crippen molar-refractivity contribution in [2.75, 3.05) is 13.2 Å². The van der Waals surface area contributed by atoms with Gasteiger partial charge < -0.3 is 4.74 Å². The Hall–Kier alpha value is -2.17. The van der Waals surface area contributed by atoms with Crippen LogP contribution in [-0.2, 0) is 0 Å². The monoisotopic (exact) mass is 340 g/mol. The van der Waals surface area contributed by atoms with Gasteiger partial charge in [-0.25, -0.2) is 0 Å². The lowest BCUT2D eigenvalue weighted by Crippen LogP contribution is -2.39. The third kappa shape index (κ3) is 5.69. The van der Waals surface area contributed by atoms with E-state index in [0.717, 1.165) is 16.9 Å². The molecule has 25 heavy (non-hydrogen) atoms. The van der Waals surface area contributed by atoms with Crippen molar-refractivity contribution in [3.05, 3.63) is 54.1 Å². The summed E-state index contributed by atoms with van der Waals surface area (Å²) in [7, 11) is 0. The zero-order valence-electron chi connectivity index (χ0n) is 15.5. The van der Waals surface area contributed by atoms with E-state index in [1.54, 1.807) is 0 Å². The van der Waals surface area contributed by atoms with Crippen LogP contribution in [0.3, 0.4) is 0 Å². The van der Waals surface area contributed by atoms with Crippen LogP contribution in [0.4, 0.5) is 0 Å². The van der Waals surface area contributed by atoms with E-state index >= 15 is 0 Å². The molecule has 0 atom stereocenters. The predicted molar refractivity (Wildman–Crippen MR) is 103 cm³/mol. The number of benzene rings is 2. The maximum atomic E-state index is 12.3. The number of carbonyl (C=O) groups excluding carboxylic acids is 1. The summed E-state index contributed by atoms with van der Waals surface area (Å²) in [6, 6.07) is 16.2. The van der Waals surface area contributed by atoms with Crippen molar-refractivity contribution >= 4 is 5.78 Å². The summed E-state index contributed by atoms with van der Waals surface area (Å²) in [4.78, 5) is 12.3. The number of nitrogens with one attached hydrogen (secondary N) is 2. The van der Waals surface area contributed by atoms with Crippen molar-refractivity contribution in [2.45, 2.75) is 33.7 Å². The van der Waals surface area contributed by atoms with E-state index in [9.17, 15) is 4.79 Å². The van der Waals surface area contributed by atoms with Gasteiger partial charge in [0.25, 0.3) is 0 Å². The predicted octanol–water partition coefficient (Wildman–Crippen LogP) is 4.07.